The van der Waals surface area contributed by atoms with Crippen molar-refractivity contribution >= 4 is 0 Å². The van der Waals surface area contributed by atoms with Gasteiger partial charge in [-0.3, -0.25) is 0 Å². The molecule has 2 nitrogen and oxygen atoms in total. The molecule has 2 heterocycles. The predicted octanol–water partition coefficient (Wildman–Crippen LogP) is 5.44. The molecule has 0 amide bonds. The minimum absolute atomic E-state index is 0.134. The molecule has 1 saturated heterocycles. The zero-order valence-corrected chi connectivity index (χ0v) is 14.3. The van der Waals surface area contributed by atoms with Crippen LogP contribution < -0.4 is 4.74 Å². The third-order valence-corrected chi connectivity index (χ3v) is 5.17. The predicted molar refractivity (Wildman–Crippen MR) is 90.2 cm³/mol. The van der Waals surface area contributed by atoms with Gasteiger partial charge in [-0.1, -0.05) is 29.8 Å². The van der Waals surface area contributed by atoms with Crippen molar-refractivity contribution in [2.24, 2.45) is 5.92 Å². The van der Waals surface area contributed by atoms with E-state index in [2.05, 4.69) is 58.0 Å². The standard InChI is InChI=1S/C20H28O2/c1-14(2)8-7-13-20(4)17-12-11-15(3)21-19(17)16-9-5-6-10-18(16)22-20/h5-6,8-10,15,17,19H,7,11-13H2,1-4H3/t15-,17-,19+,20+/m1/s1. The summed E-state index contributed by atoms with van der Waals surface area (Å²) in [5.41, 5.74) is 2.48. The third kappa shape index (κ3) is 2.94. The van der Waals surface area contributed by atoms with Gasteiger partial charge in [0.1, 0.15) is 11.4 Å². The highest BCUT2D eigenvalue weighted by Crippen LogP contribution is 2.51. The van der Waals surface area contributed by atoms with Gasteiger partial charge < -0.3 is 9.47 Å². The molecule has 120 valence electrons. The number of para-hydroxylation sites is 1. The van der Waals surface area contributed by atoms with Gasteiger partial charge in [0.25, 0.3) is 0 Å². The largest absolute Gasteiger partial charge is 0.487 e. The van der Waals surface area contributed by atoms with Crippen molar-refractivity contribution in [3.05, 3.63) is 41.5 Å². The molecular formula is C20H28O2. The maximum absolute atomic E-state index is 6.50. The molecule has 0 N–H and O–H groups in total. The van der Waals surface area contributed by atoms with Crippen molar-refractivity contribution in [2.45, 2.75) is 71.2 Å². The minimum atomic E-state index is -0.134. The summed E-state index contributed by atoms with van der Waals surface area (Å²) < 4.78 is 12.8. The van der Waals surface area contributed by atoms with Crippen LogP contribution in [0.3, 0.4) is 0 Å². The zero-order chi connectivity index (χ0) is 15.7. The molecule has 1 aromatic carbocycles. The van der Waals surface area contributed by atoms with Gasteiger partial charge in [-0.25, -0.2) is 0 Å². The molecule has 4 atom stereocenters. The van der Waals surface area contributed by atoms with Crippen LogP contribution in [0.25, 0.3) is 0 Å². The zero-order valence-electron chi connectivity index (χ0n) is 14.3. The highest BCUT2D eigenvalue weighted by atomic mass is 16.5. The van der Waals surface area contributed by atoms with Gasteiger partial charge in [0, 0.05) is 11.5 Å². The summed E-state index contributed by atoms with van der Waals surface area (Å²) in [5, 5.41) is 0. The van der Waals surface area contributed by atoms with Crippen LogP contribution >= 0.6 is 0 Å². The molecule has 3 rings (SSSR count). The van der Waals surface area contributed by atoms with E-state index in [0.29, 0.717) is 12.0 Å². The van der Waals surface area contributed by atoms with Crippen LogP contribution in [0.4, 0.5) is 0 Å². The summed E-state index contributed by atoms with van der Waals surface area (Å²) in [6, 6.07) is 8.41. The van der Waals surface area contributed by atoms with Crippen LogP contribution in [-0.4, -0.2) is 11.7 Å². The second-order valence-corrected chi connectivity index (χ2v) is 7.32. The Bertz CT molecular complexity index is 559. The molecule has 0 saturated carbocycles. The second-order valence-electron chi connectivity index (χ2n) is 7.32. The molecule has 1 fully saturated rings. The molecular weight excluding hydrogens is 272 g/mol. The average molecular weight is 300 g/mol. The monoisotopic (exact) mass is 300 g/mol. The Balaban J connectivity index is 1.90. The lowest BCUT2D eigenvalue weighted by Gasteiger charge is -2.50. The lowest BCUT2D eigenvalue weighted by molar-refractivity contribution is -0.152. The summed E-state index contributed by atoms with van der Waals surface area (Å²) in [6.45, 7) is 8.79. The van der Waals surface area contributed by atoms with Crippen LogP contribution in [0.1, 0.15) is 65.0 Å². The molecule has 0 aliphatic carbocycles. The molecule has 2 aliphatic heterocycles. The topological polar surface area (TPSA) is 18.5 Å². The maximum Gasteiger partial charge on any atom is 0.125 e. The van der Waals surface area contributed by atoms with Gasteiger partial charge >= 0.3 is 0 Å². The number of allylic oxidation sites excluding steroid dienone is 2. The lowest BCUT2D eigenvalue weighted by Crippen LogP contribution is -2.50. The number of ether oxygens (including phenoxy) is 2. The molecule has 0 bridgehead atoms. The fourth-order valence-corrected chi connectivity index (χ4v) is 3.91. The van der Waals surface area contributed by atoms with Crippen LogP contribution in [-0.2, 0) is 4.74 Å². The van der Waals surface area contributed by atoms with E-state index in [1.807, 2.05) is 0 Å². The molecule has 1 aromatic rings. The average Bonchev–Trinajstić information content (AvgIpc) is 2.46. The first-order valence-corrected chi connectivity index (χ1v) is 8.56. The van der Waals surface area contributed by atoms with Gasteiger partial charge in [-0.2, -0.15) is 0 Å². The van der Waals surface area contributed by atoms with Crippen molar-refractivity contribution < 1.29 is 9.47 Å². The fourth-order valence-electron chi connectivity index (χ4n) is 3.91. The molecule has 0 unspecified atom stereocenters. The Hall–Kier alpha value is -1.28. The highest BCUT2D eigenvalue weighted by Gasteiger charge is 2.48. The van der Waals surface area contributed by atoms with Crippen molar-refractivity contribution in [3.63, 3.8) is 0 Å². The first-order chi connectivity index (χ1) is 10.5. The van der Waals surface area contributed by atoms with Crippen molar-refractivity contribution in [1.29, 1.82) is 0 Å². The summed E-state index contributed by atoms with van der Waals surface area (Å²) in [4.78, 5) is 0. The smallest absolute Gasteiger partial charge is 0.125 e. The van der Waals surface area contributed by atoms with Crippen molar-refractivity contribution in [1.82, 2.24) is 0 Å². The summed E-state index contributed by atoms with van der Waals surface area (Å²) in [5.74, 6) is 1.46. The number of hydrogen-bond donors (Lipinski definition) is 0. The maximum atomic E-state index is 6.50. The number of rotatable bonds is 3. The minimum Gasteiger partial charge on any atom is -0.487 e. The van der Waals surface area contributed by atoms with Crippen LogP contribution in [0.15, 0.2) is 35.9 Å². The molecule has 22 heavy (non-hydrogen) atoms. The second kappa shape index (κ2) is 6.08. The Morgan fingerprint density at radius 2 is 2.05 bits per heavy atom. The van der Waals surface area contributed by atoms with E-state index in [1.54, 1.807) is 0 Å². The van der Waals surface area contributed by atoms with Crippen LogP contribution in [0, 0.1) is 5.92 Å². The van der Waals surface area contributed by atoms with E-state index >= 15 is 0 Å². The first kappa shape index (κ1) is 15.6. The Morgan fingerprint density at radius 1 is 1.27 bits per heavy atom. The van der Waals surface area contributed by atoms with E-state index < -0.39 is 0 Å². The number of benzene rings is 1. The highest BCUT2D eigenvalue weighted by molar-refractivity contribution is 5.39. The third-order valence-electron chi connectivity index (χ3n) is 5.17. The van der Waals surface area contributed by atoms with Gasteiger partial charge in [0.05, 0.1) is 12.2 Å². The first-order valence-electron chi connectivity index (χ1n) is 8.56. The van der Waals surface area contributed by atoms with Crippen molar-refractivity contribution in [3.8, 4) is 5.75 Å². The Kier molecular flexibility index (Phi) is 4.31. The van der Waals surface area contributed by atoms with Gasteiger partial charge in [0.15, 0.2) is 0 Å². The normalized spacial score (nSPS) is 33.4. The van der Waals surface area contributed by atoms with E-state index in [1.165, 1.54) is 17.6 Å². The summed E-state index contributed by atoms with van der Waals surface area (Å²) in [7, 11) is 0. The molecule has 0 spiro atoms. The van der Waals surface area contributed by atoms with Gasteiger partial charge in [-0.05, 0) is 59.4 Å². The van der Waals surface area contributed by atoms with E-state index in [9.17, 15) is 0 Å². The molecule has 2 heteroatoms. The van der Waals surface area contributed by atoms with E-state index in [-0.39, 0.29) is 11.7 Å². The summed E-state index contributed by atoms with van der Waals surface area (Å²) >= 11 is 0. The SMILES string of the molecule is CC(C)=CCC[C@]1(C)Oc2ccccc2[C@@H]2O[C@H](C)CC[C@H]21. The quantitative estimate of drug-likeness (QED) is 0.692. The molecule has 0 radical (unpaired) electrons. The van der Waals surface area contributed by atoms with Crippen LogP contribution in [0.2, 0.25) is 0 Å². The number of hydrogen-bond acceptors (Lipinski definition) is 2. The molecule has 2 aliphatic rings. The van der Waals surface area contributed by atoms with Crippen molar-refractivity contribution in [2.75, 3.05) is 0 Å². The van der Waals surface area contributed by atoms with Crippen LogP contribution in [0.5, 0.6) is 5.75 Å². The lowest BCUT2D eigenvalue weighted by atomic mass is 9.72. The number of fused-ring (bicyclic) bond motifs is 3. The molecule has 0 aromatic heterocycles. The van der Waals surface area contributed by atoms with Gasteiger partial charge in [0.2, 0.25) is 0 Å². The van der Waals surface area contributed by atoms with E-state index in [4.69, 9.17) is 9.47 Å². The fraction of sp³-hybridized carbons (Fsp3) is 0.600. The summed E-state index contributed by atoms with van der Waals surface area (Å²) in [6.07, 6.45) is 7.28. The van der Waals surface area contributed by atoms with Gasteiger partial charge in [-0.15, -0.1) is 0 Å². The Morgan fingerprint density at radius 3 is 2.82 bits per heavy atom. The van der Waals surface area contributed by atoms with E-state index in [0.717, 1.165) is 25.0 Å². The Labute approximate surface area is 134 Å².